The molecule has 2 N–H and O–H groups in total. The molecule has 1 unspecified atom stereocenters. The SMILES string of the molecule is CC1=Nc2ccc(-c3c(F)cn4nc(N)ncc34)nc2C1(C)C(C)C. The highest BCUT2D eigenvalue weighted by molar-refractivity contribution is 5.99. The van der Waals surface area contributed by atoms with E-state index >= 15 is 0 Å². The summed E-state index contributed by atoms with van der Waals surface area (Å²) in [6.07, 6.45) is 2.81. The van der Waals surface area contributed by atoms with Crippen molar-refractivity contribution in [2.75, 3.05) is 5.73 Å². The number of pyridine rings is 1. The van der Waals surface area contributed by atoms with Gasteiger partial charge in [0.05, 0.1) is 46.0 Å². The van der Waals surface area contributed by atoms with E-state index < -0.39 is 5.82 Å². The number of aromatic nitrogens is 4. The van der Waals surface area contributed by atoms with Crippen LogP contribution in [0, 0.1) is 11.7 Å². The Morgan fingerprint density at radius 1 is 1.28 bits per heavy atom. The Morgan fingerprint density at radius 3 is 2.76 bits per heavy atom. The third-order valence-corrected chi connectivity index (χ3v) is 5.32. The molecule has 0 saturated heterocycles. The lowest BCUT2D eigenvalue weighted by Crippen LogP contribution is -2.34. The molecular weight excluding hydrogens is 319 g/mol. The maximum atomic E-state index is 14.6. The molecular formula is C18H19FN6. The second kappa shape index (κ2) is 5.08. The zero-order valence-electron chi connectivity index (χ0n) is 14.6. The average Bonchev–Trinajstić information content (AvgIpc) is 3.01. The minimum atomic E-state index is -0.408. The van der Waals surface area contributed by atoms with Crippen LogP contribution in [0.25, 0.3) is 16.8 Å². The van der Waals surface area contributed by atoms with Crippen LogP contribution in [0.15, 0.2) is 29.5 Å². The highest BCUT2D eigenvalue weighted by atomic mass is 19.1. The van der Waals surface area contributed by atoms with Crippen LogP contribution in [0.5, 0.6) is 0 Å². The molecule has 1 aliphatic rings. The summed E-state index contributed by atoms with van der Waals surface area (Å²) in [5.41, 5.74) is 9.52. The number of hydrogen-bond acceptors (Lipinski definition) is 5. The zero-order chi connectivity index (χ0) is 17.9. The Hall–Kier alpha value is -2.83. The number of nitrogen functional groups attached to an aromatic ring is 1. The van der Waals surface area contributed by atoms with Crippen molar-refractivity contribution in [1.82, 2.24) is 19.6 Å². The molecule has 0 amide bonds. The summed E-state index contributed by atoms with van der Waals surface area (Å²) in [7, 11) is 0. The molecule has 0 saturated carbocycles. The van der Waals surface area contributed by atoms with Gasteiger partial charge in [0.2, 0.25) is 5.95 Å². The third kappa shape index (κ3) is 2.08. The second-order valence-electron chi connectivity index (χ2n) is 6.92. The highest BCUT2D eigenvalue weighted by Gasteiger charge is 2.41. The van der Waals surface area contributed by atoms with Crippen LogP contribution in [0.4, 0.5) is 16.0 Å². The van der Waals surface area contributed by atoms with Crippen molar-refractivity contribution < 1.29 is 4.39 Å². The van der Waals surface area contributed by atoms with Crippen molar-refractivity contribution in [1.29, 1.82) is 0 Å². The molecule has 7 heteroatoms. The lowest BCUT2D eigenvalue weighted by molar-refractivity contribution is 0.446. The van der Waals surface area contributed by atoms with Gasteiger partial charge in [-0.1, -0.05) is 13.8 Å². The van der Waals surface area contributed by atoms with Crippen LogP contribution in [-0.2, 0) is 5.41 Å². The molecule has 4 heterocycles. The topological polar surface area (TPSA) is 81.5 Å². The molecule has 1 atom stereocenters. The summed E-state index contributed by atoms with van der Waals surface area (Å²) in [5.74, 6) is 0.000572. The summed E-state index contributed by atoms with van der Waals surface area (Å²) >= 11 is 0. The van der Waals surface area contributed by atoms with E-state index in [1.165, 1.54) is 16.9 Å². The van der Waals surface area contributed by atoms with Crippen LogP contribution in [-0.4, -0.2) is 25.3 Å². The standard InChI is InChI=1S/C18H19FN6/c1-9(2)18(4)10(3)22-13-6-5-12(23-16(13)18)15-11(19)8-25-14(15)7-21-17(20)24-25/h5-9H,1-4H3,(H2,20,24). The van der Waals surface area contributed by atoms with E-state index in [0.29, 0.717) is 22.7 Å². The van der Waals surface area contributed by atoms with E-state index in [9.17, 15) is 4.39 Å². The zero-order valence-corrected chi connectivity index (χ0v) is 14.6. The van der Waals surface area contributed by atoms with Gasteiger partial charge in [-0.2, -0.15) is 0 Å². The van der Waals surface area contributed by atoms with E-state index in [1.54, 1.807) is 6.07 Å². The quantitative estimate of drug-likeness (QED) is 0.775. The molecule has 0 spiro atoms. The molecule has 0 radical (unpaired) electrons. The molecule has 0 fully saturated rings. The number of aliphatic imine (C=N–C) groups is 1. The number of nitrogens with zero attached hydrogens (tertiary/aromatic N) is 5. The van der Waals surface area contributed by atoms with Crippen molar-refractivity contribution in [2.24, 2.45) is 10.9 Å². The summed E-state index contributed by atoms with van der Waals surface area (Å²) in [4.78, 5) is 13.4. The van der Waals surface area contributed by atoms with Gasteiger partial charge in [-0.15, -0.1) is 5.10 Å². The van der Waals surface area contributed by atoms with E-state index in [4.69, 9.17) is 10.7 Å². The average molecular weight is 338 g/mol. The number of hydrogen-bond donors (Lipinski definition) is 1. The number of halogens is 1. The Morgan fingerprint density at radius 2 is 2.04 bits per heavy atom. The molecule has 4 rings (SSSR count). The Kier molecular flexibility index (Phi) is 3.19. The van der Waals surface area contributed by atoms with Gasteiger partial charge < -0.3 is 5.73 Å². The first-order valence-electron chi connectivity index (χ1n) is 8.19. The van der Waals surface area contributed by atoms with Crippen molar-refractivity contribution in [3.8, 4) is 11.3 Å². The van der Waals surface area contributed by atoms with Crippen LogP contribution >= 0.6 is 0 Å². The number of nitrogens with two attached hydrogens (primary N) is 1. The van der Waals surface area contributed by atoms with Crippen molar-refractivity contribution in [3.63, 3.8) is 0 Å². The minimum absolute atomic E-state index is 0.0902. The first-order valence-corrected chi connectivity index (χ1v) is 8.19. The molecule has 128 valence electrons. The van der Waals surface area contributed by atoms with Crippen molar-refractivity contribution >= 4 is 22.9 Å². The van der Waals surface area contributed by atoms with Crippen LogP contribution in [0.3, 0.4) is 0 Å². The first kappa shape index (κ1) is 15.7. The maximum absolute atomic E-state index is 14.6. The molecule has 3 aromatic rings. The lowest BCUT2D eigenvalue weighted by Gasteiger charge is -2.29. The smallest absolute Gasteiger partial charge is 0.238 e. The van der Waals surface area contributed by atoms with Crippen molar-refractivity contribution in [3.05, 3.63) is 36.0 Å². The minimum Gasteiger partial charge on any atom is -0.367 e. The van der Waals surface area contributed by atoms with Crippen molar-refractivity contribution in [2.45, 2.75) is 33.1 Å². The van der Waals surface area contributed by atoms with E-state index in [-0.39, 0.29) is 11.4 Å². The third-order valence-electron chi connectivity index (χ3n) is 5.32. The molecule has 25 heavy (non-hydrogen) atoms. The molecule has 1 aliphatic heterocycles. The predicted octanol–water partition coefficient (Wildman–Crippen LogP) is 3.53. The van der Waals surface area contributed by atoms with Gasteiger partial charge in [-0.25, -0.2) is 18.9 Å². The van der Waals surface area contributed by atoms with Crippen LogP contribution in [0.1, 0.15) is 33.4 Å². The predicted molar refractivity (Wildman–Crippen MR) is 95.5 cm³/mol. The Labute approximate surface area is 144 Å². The van der Waals surface area contributed by atoms with Gasteiger partial charge >= 0.3 is 0 Å². The Bertz CT molecular complexity index is 1040. The highest BCUT2D eigenvalue weighted by Crippen LogP contribution is 2.44. The largest absolute Gasteiger partial charge is 0.367 e. The fourth-order valence-electron chi connectivity index (χ4n) is 3.42. The van der Waals surface area contributed by atoms with Gasteiger partial charge in [0.1, 0.15) is 0 Å². The Balaban J connectivity index is 1.94. The molecule has 6 nitrogen and oxygen atoms in total. The van der Waals surface area contributed by atoms with Gasteiger partial charge in [0.15, 0.2) is 5.82 Å². The molecule has 3 aromatic heterocycles. The molecule has 0 aliphatic carbocycles. The lowest BCUT2D eigenvalue weighted by atomic mass is 9.73. The summed E-state index contributed by atoms with van der Waals surface area (Å²) < 4.78 is 16.0. The molecule has 0 bridgehead atoms. The van der Waals surface area contributed by atoms with Gasteiger partial charge in [0.25, 0.3) is 0 Å². The summed E-state index contributed by atoms with van der Waals surface area (Å²) in [6, 6.07) is 3.69. The number of rotatable bonds is 2. The molecule has 0 aromatic carbocycles. The van der Waals surface area contributed by atoms with E-state index in [0.717, 1.165) is 17.1 Å². The normalized spacial score (nSPS) is 19.5. The summed E-state index contributed by atoms with van der Waals surface area (Å²) in [6.45, 7) is 8.45. The number of fused-ring (bicyclic) bond motifs is 2. The van der Waals surface area contributed by atoms with E-state index in [2.05, 4.69) is 35.8 Å². The fourth-order valence-corrected chi connectivity index (χ4v) is 3.42. The summed E-state index contributed by atoms with van der Waals surface area (Å²) in [5, 5.41) is 4.02. The van der Waals surface area contributed by atoms with Gasteiger partial charge in [-0.05, 0) is 31.9 Å². The van der Waals surface area contributed by atoms with E-state index in [1.807, 2.05) is 13.0 Å². The second-order valence-corrected chi connectivity index (χ2v) is 6.92. The van der Waals surface area contributed by atoms with Gasteiger partial charge in [-0.3, -0.25) is 4.99 Å². The fraction of sp³-hybridized carbons (Fsp3) is 0.333. The maximum Gasteiger partial charge on any atom is 0.238 e. The monoisotopic (exact) mass is 338 g/mol. The van der Waals surface area contributed by atoms with Crippen LogP contribution in [0.2, 0.25) is 0 Å². The van der Waals surface area contributed by atoms with Gasteiger partial charge in [0, 0.05) is 5.71 Å². The van der Waals surface area contributed by atoms with Crippen LogP contribution < -0.4 is 5.73 Å². The number of anilines is 1. The first-order chi connectivity index (χ1) is 11.8.